The van der Waals surface area contributed by atoms with Crippen molar-refractivity contribution < 1.29 is 4.39 Å². The number of aliphatic imine (C=N–C) groups is 1. The van der Waals surface area contributed by atoms with Crippen LogP contribution in [0.15, 0.2) is 53.7 Å². The summed E-state index contributed by atoms with van der Waals surface area (Å²) in [5.74, 6) is 0.742. The number of guanidine groups is 1. The van der Waals surface area contributed by atoms with Gasteiger partial charge in [0.15, 0.2) is 5.96 Å². The molecule has 5 nitrogen and oxygen atoms in total. The summed E-state index contributed by atoms with van der Waals surface area (Å²) in [5, 5.41) is 6.98. The first kappa shape index (κ1) is 23.9. The lowest BCUT2D eigenvalue weighted by molar-refractivity contribution is 0.196. The van der Waals surface area contributed by atoms with Gasteiger partial charge in [0.25, 0.3) is 0 Å². The molecule has 2 aliphatic rings. The van der Waals surface area contributed by atoms with Crippen LogP contribution in [0.5, 0.6) is 0 Å². The minimum absolute atomic E-state index is 0. The topological polar surface area (TPSA) is 52.6 Å². The number of nitrogens with one attached hydrogen (secondary N) is 2. The third-order valence-corrected chi connectivity index (χ3v) is 6.22. The monoisotopic (exact) mass is 537 g/mol. The van der Waals surface area contributed by atoms with Crippen LogP contribution in [0.2, 0.25) is 0 Å². The predicted octanol–water partition coefficient (Wildman–Crippen LogP) is 4.09. The van der Waals surface area contributed by atoms with Crippen LogP contribution in [0.3, 0.4) is 0 Å². The number of nitrogens with zero attached hydrogens (tertiary/aromatic N) is 3. The van der Waals surface area contributed by atoms with E-state index in [1.807, 2.05) is 30.5 Å². The Hall–Kier alpha value is -1.74. The Morgan fingerprint density at radius 1 is 1.16 bits per heavy atom. The first-order valence-electron chi connectivity index (χ1n) is 11.1. The highest BCUT2D eigenvalue weighted by atomic mass is 127. The highest BCUT2D eigenvalue weighted by molar-refractivity contribution is 14.0. The average molecular weight is 537 g/mol. The van der Waals surface area contributed by atoms with Crippen molar-refractivity contribution in [2.75, 3.05) is 26.2 Å². The van der Waals surface area contributed by atoms with E-state index in [-0.39, 0.29) is 35.2 Å². The molecule has 1 saturated carbocycles. The van der Waals surface area contributed by atoms with Crippen molar-refractivity contribution in [1.29, 1.82) is 0 Å². The number of piperidine rings is 1. The Labute approximate surface area is 202 Å². The van der Waals surface area contributed by atoms with Gasteiger partial charge in [0.2, 0.25) is 0 Å². The zero-order chi connectivity index (χ0) is 20.8. The molecular formula is C24H33FIN5. The molecule has 7 heteroatoms. The summed E-state index contributed by atoms with van der Waals surface area (Å²) in [6.45, 7) is 6.53. The van der Waals surface area contributed by atoms with Crippen LogP contribution in [0.4, 0.5) is 4.39 Å². The molecule has 2 N–H and O–H groups in total. The normalized spacial score (nSPS) is 18.8. The van der Waals surface area contributed by atoms with E-state index < -0.39 is 0 Å². The van der Waals surface area contributed by atoms with Crippen LogP contribution in [-0.2, 0) is 12.0 Å². The standard InChI is InChI=1S/C24H32FN5.HI/c1-2-26-23(28-18-24(12-13-24)21-8-3-4-9-22(21)25)29-19-10-15-30(16-11-19)17-20-7-5-6-14-27-20;/h3-9,14,19H,2,10-13,15-18H2,1H3,(H2,26,28,29);1H. The third-order valence-electron chi connectivity index (χ3n) is 6.22. The van der Waals surface area contributed by atoms with Gasteiger partial charge in [-0.2, -0.15) is 0 Å². The second-order valence-electron chi connectivity index (χ2n) is 8.47. The van der Waals surface area contributed by atoms with Gasteiger partial charge < -0.3 is 10.6 Å². The van der Waals surface area contributed by atoms with Crippen molar-refractivity contribution in [3.05, 3.63) is 65.7 Å². The molecule has 31 heavy (non-hydrogen) atoms. The zero-order valence-corrected chi connectivity index (χ0v) is 20.5. The fraction of sp³-hybridized carbons (Fsp3) is 0.500. The van der Waals surface area contributed by atoms with Gasteiger partial charge in [-0.25, -0.2) is 4.39 Å². The van der Waals surface area contributed by atoms with E-state index in [9.17, 15) is 4.39 Å². The fourth-order valence-electron chi connectivity index (χ4n) is 4.25. The molecule has 1 aromatic heterocycles. The Bertz CT molecular complexity index is 848. The van der Waals surface area contributed by atoms with E-state index in [0.29, 0.717) is 12.6 Å². The Morgan fingerprint density at radius 3 is 2.55 bits per heavy atom. The SMILES string of the molecule is CCNC(=NCC1(c2ccccc2F)CC1)NC1CCN(Cc2ccccn2)CC1.I. The highest BCUT2D eigenvalue weighted by Gasteiger charge is 2.45. The smallest absolute Gasteiger partial charge is 0.191 e. The maximum atomic E-state index is 14.3. The number of rotatable bonds is 7. The van der Waals surface area contributed by atoms with Gasteiger partial charge in [0, 0.05) is 43.8 Å². The van der Waals surface area contributed by atoms with E-state index in [4.69, 9.17) is 4.99 Å². The summed E-state index contributed by atoms with van der Waals surface area (Å²) in [6, 6.07) is 13.6. The molecule has 1 aromatic carbocycles. The van der Waals surface area contributed by atoms with Crippen molar-refractivity contribution in [3.8, 4) is 0 Å². The van der Waals surface area contributed by atoms with Crippen molar-refractivity contribution >= 4 is 29.9 Å². The van der Waals surface area contributed by atoms with Crippen LogP contribution < -0.4 is 10.6 Å². The Kier molecular flexibility index (Phi) is 8.66. The number of aromatic nitrogens is 1. The number of pyridine rings is 1. The third kappa shape index (κ3) is 6.38. The molecule has 2 heterocycles. The molecule has 0 unspecified atom stereocenters. The lowest BCUT2D eigenvalue weighted by atomic mass is 9.95. The van der Waals surface area contributed by atoms with Crippen molar-refractivity contribution in [3.63, 3.8) is 0 Å². The number of benzene rings is 1. The quantitative estimate of drug-likeness (QED) is 0.318. The molecule has 0 amide bonds. The van der Waals surface area contributed by atoms with E-state index in [1.165, 1.54) is 0 Å². The lowest BCUT2D eigenvalue weighted by Crippen LogP contribution is -2.48. The molecule has 2 aromatic rings. The maximum absolute atomic E-state index is 14.3. The largest absolute Gasteiger partial charge is 0.357 e. The summed E-state index contributed by atoms with van der Waals surface area (Å²) in [6.07, 6.45) is 6.02. The minimum Gasteiger partial charge on any atom is -0.357 e. The molecular weight excluding hydrogens is 504 g/mol. The summed E-state index contributed by atoms with van der Waals surface area (Å²) >= 11 is 0. The van der Waals surface area contributed by atoms with Gasteiger partial charge in [0.05, 0.1) is 12.2 Å². The summed E-state index contributed by atoms with van der Waals surface area (Å²) in [5.41, 5.74) is 1.81. The first-order chi connectivity index (χ1) is 14.7. The van der Waals surface area contributed by atoms with E-state index in [2.05, 4.69) is 33.5 Å². The second kappa shape index (κ2) is 11.2. The number of hydrogen-bond donors (Lipinski definition) is 2. The highest BCUT2D eigenvalue weighted by Crippen LogP contribution is 2.49. The van der Waals surface area contributed by atoms with Gasteiger partial charge in [-0.3, -0.25) is 14.9 Å². The van der Waals surface area contributed by atoms with Gasteiger partial charge >= 0.3 is 0 Å². The van der Waals surface area contributed by atoms with Crippen molar-refractivity contribution in [2.24, 2.45) is 4.99 Å². The Balaban J connectivity index is 0.00000272. The van der Waals surface area contributed by atoms with Gasteiger partial charge in [-0.05, 0) is 56.4 Å². The maximum Gasteiger partial charge on any atom is 0.191 e. The van der Waals surface area contributed by atoms with Gasteiger partial charge in [-0.15, -0.1) is 24.0 Å². The number of likely N-dealkylation sites (tertiary alicyclic amines) is 1. The van der Waals surface area contributed by atoms with Crippen LogP contribution in [0.25, 0.3) is 0 Å². The van der Waals surface area contributed by atoms with Crippen LogP contribution in [0.1, 0.15) is 43.9 Å². The summed E-state index contributed by atoms with van der Waals surface area (Å²) < 4.78 is 14.3. The first-order valence-corrected chi connectivity index (χ1v) is 11.1. The van der Waals surface area contributed by atoms with Crippen LogP contribution in [0, 0.1) is 5.82 Å². The van der Waals surface area contributed by atoms with E-state index in [0.717, 1.165) is 69.1 Å². The predicted molar refractivity (Wildman–Crippen MR) is 134 cm³/mol. The summed E-state index contributed by atoms with van der Waals surface area (Å²) in [7, 11) is 0. The Morgan fingerprint density at radius 2 is 1.90 bits per heavy atom. The molecule has 4 rings (SSSR count). The van der Waals surface area contributed by atoms with E-state index in [1.54, 1.807) is 12.1 Å². The summed E-state index contributed by atoms with van der Waals surface area (Å²) in [4.78, 5) is 11.7. The molecule has 2 fully saturated rings. The average Bonchev–Trinajstić information content (AvgIpc) is 3.56. The molecule has 1 aliphatic heterocycles. The van der Waals surface area contributed by atoms with Crippen molar-refractivity contribution in [2.45, 2.75) is 50.6 Å². The second-order valence-corrected chi connectivity index (χ2v) is 8.47. The number of halogens is 2. The molecule has 0 bridgehead atoms. The van der Waals surface area contributed by atoms with Gasteiger partial charge in [-0.1, -0.05) is 24.3 Å². The van der Waals surface area contributed by atoms with Crippen LogP contribution >= 0.6 is 24.0 Å². The molecule has 0 radical (unpaired) electrons. The lowest BCUT2D eigenvalue weighted by Gasteiger charge is -2.33. The van der Waals surface area contributed by atoms with E-state index >= 15 is 0 Å². The molecule has 1 aliphatic carbocycles. The molecule has 1 saturated heterocycles. The molecule has 168 valence electrons. The van der Waals surface area contributed by atoms with Crippen molar-refractivity contribution in [1.82, 2.24) is 20.5 Å². The zero-order valence-electron chi connectivity index (χ0n) is 18.2. The fourth-order valence-corrected chi connectivity index (χ4v) is 4.25. The van der Waals surface area contributed by atoms with Crippen LogP contribution in [-0.4, -0.2) is 48.1 Å². The number of hydrogen-bond acceptors (Lipinski definition) is 3. The molecule has 0 spiro atoms. The molecule has 0 atom stereocenters. The van der Waals surface area contributed by atoms with Gasteiger partial charge in [0.1, 0.15) is 5.82 Å². The minimum atomic E-state index is -0.125.